The average molecular weight is 382 g/mol. The van der Waals surface area contributed by atoms with Gasteiger partial charge in [0.1, 0.15) is 5.69 Å². The fourth-order valence-corrected chi connectivity index (χ4v) is 3.50. The summed E-state index contributed by atoms with van der Waals surface area (Å²) in [6.07, 6.45) is 1.27. The number of piperidine rings is 1. The second kappa shape index (κ2) is 7.16. The number of hydrogen-bond donors (Lipinski definition) is 0. The van der Waals surface area contributed by atoms with E-state index >= 15 is 0 Å². The van der Waals surface area contributed by atoms with Crippen LogP contribution < -0.4 is 4.90 Å². The van der Waals surface area contributed by atoms with Gasteiger partial charge in [0.05, 0.1) is 15.9 Å². The largest absolute Gasteiger partial charge is 0.501 e. The summed E-state index contributed by atoms with van der Waals surface area (Å²) in [6.45, 7) is 3.26. The van der Waals surface area contributed by atoms with Gasteiger partial charge >= 0.3 is 5.51 Å². The van der Waals surface area contributed by atoms with Gasteiger partial charge in [0.25, 0.3) is 15.5 Å². The van der Waals surface area contributed by atoms with Gasteiger partial charge in [-0.1, -0.05) is 0 Å². The van der Waals surface area contributed by atoms with Crippen LogP contribution in [-0.2, 0) is 14.6 Å². The Morgan fingerprint density at radius 1 is 1.32 bits per heavy atom. The quantitative estimate of drug-likeness (QED) is 0.575. The minimum atomic E-state index is -5.64. The van der Waals surface area contributed by atoms with Crippen molar-refractivity contribution in [3.05, 3.63) is 28.3 Å². The molecule has 0 aromatic heterocycles. The van der Waals surface area contributed by atoms with Gasteiger partial charge in [0.15, 0.2) is 0 Å². The number of anilines is 1. The maximum atomic E-state index is 12.6. The molecule has 1 aliphatic heterocycles. The van der Waals surface area contributed by atoms with E-state index in [-0.39, 0.29) is 11.8 Å². The lowest BCUT2D eigenvalue weighted by molar-refractivity contribution is -0.384. The highest BCUT2D eigenvalue weighted by Crippen LogP contribution is 2.37. The first kappa shape index (κ1) is 19.4. The SMILES string of the molecule is CCOC1CCN(c2ccc(S(=O)(=O)C(F)(F)F)cc2[N+](=O)[O-])CC1. The zero-order valence-corrected chi connectivity index (χ0v) is 14.1. The molecule has 11 heteroatoms. The number of alkyl halides is 3. The zero-order chi connectivity index (χ0) is 18.8. The smallest absolute Gasteiger partial charge is 0.378 e. The number of nitro benzene ring substituents is 1. The number of sulfone groups is 1. The van der Waals surface area contributed by atoms with E-state index in [0.29, 0.717) is 38.6 Å². The van der Waals surface area contributed by atoms with Gasteiger partial charge in [0.2, 0.25) is 0 Å². The van der Waals surface area contributed by atoms with Gasteiger partial charge in [-0.05, 0) is 31.9 Å². The lowest BCUT2D eigenvalue weighted by Gasteiger charge is -2.33. The Balaban J connectivity index is 2.34. The molecule has 0 saturated carbocycles. The summed E-state index contributed by atoms with van der Waals surface area (Å²) >= 11 is 0. The second-order valence-corrected chi connectivity index (χ2v) is 7.44. The molecular formula is C14H17F3N2O5S. The second-order valence-electron chi connectivity index (χ2n) is 5.50. The Kier molecular flexibility index (Phi) is 5.57. The molecule has 1 saturated heterocycles. The minimum Gasteiger partial charge on any atom is -0.378 e. The molecule has 25 heavy (non-hydrogen) atoms. The van der Waals surface area contributed by atoms with Crippen LogP contribution in [0.15, 0.2) is 23.1 Å². The standard InChI is InChI=1S/C14H17F3N2O5S/c1-2-24-10-5-7-18(8-6-10)12-4-3-11(9-13(12)19(20)21)25(22,23)14(15,16)17/h3-4,9-10H,2,5-8H2,1H3. The molecule has 0 aliphatic carbocycles. The van der Waals surface area contributed by atoms with Crippen LogP contribution in [0.1, 0.15) is 19.8 Å². The summed E-state index contributed by atoms with van der Waals surface area (Å²) in [4.78, 5) is 10.9. The number of nitro groups is 1. The van der Waals surface area contributed by atoms with Crippen molar-refractivity contribution in [3.8, 4) is 0 Å². The van der Waals surface area contributed by atoms with Crippen LogP contribution in [0.3, 0.4) is 0 Å². The van der Waals surface area contributed by atoms with E-state index in [4.69, 9.17) is 4.74 Å². The lowest BCUT2D eigenvalue weighted by atomic mass is 10.1. The minimum absolute atomic E-state index is 0.0326. The molecule has 1 aromatic carbocycles. The van der Waals surface area contributed by atoms with Crippen molar-refractivity contribution in [1.29, 1.82) is 0 Å². The average Bonchev–Trinajstić information content (AvgIpc) is 2.54. The van der Waals surface area contributed by atoms with Crippen molar-refractivity contribution in [2.75, 3.05) is 24.6 Å². The number of benzene rings is 1. The molecule has 0 bridgehead atoms. The van der Waals surface area contributed by atoms with Crippen LogP contribution in [0.2, 0.25) is 0 Å². The maximum Gasteiger partial charge on any atom is 0.501 e. The molecule has 1 heterocycles. The van der Waals surface area contributed by atoms with Crippen LogP contribution in [0, 0.1) is 10.1 Å². The Hall–Kier alpha value is -1.88. The fourth-order valence-electron chi connectivity index (χ4n) is 2.72. The predicted octanol–water partition coefficient (Wildman–Crippen LogP) is 2.89. The Morgan fingerprint density at radius 3 is 2.40 bits per heavy atom. The third kappa shape index (κ3) is 4.03. The molecular weight excluding hydrogens is 365 g/mol. The highest BCUT2D eigenvalue weighted by Gasteiger charge is 2.47. The number of hydrogen-bond acceptors (Lipinski definition) is 6. The molecule has 1 fully saturated rings. The first-order valence-electron chi connectivity index (χ1n) is 7.54. The first-order chi connectivity index (χ1) is 11.6. The van der Waals surface area contributed by atoms with Crippen LogP contribution in [0.4, 0.5) is 24.5 Å². The van der Waals surface area contributed by atoms with Crippen LogP contribution in [0.5, 0.6) is 0 Å². The van der Waals surface area contributed by atoms with E-state index in [1.807, 2.05) is 6.92 Å². The topological polar surface area (TPSA) is 89.8 Å². The molecule has 1 aliphatic rings. The summed E-state index contributed by atoms with van der Waals surface area (Å²) in [6, 6.07) is 2.27. The van der Waals surface area contributed by atoms with Crippen molar-refractivity contribution in [2.45, 2.75) is 36.3 Å². The van der Waals surface area contributed by atoms with Gasteiger partial charge in [0, 0.05) is 25.8 Å². The molecule has 140 valence electrons. The normalized spacial score (nSPS) is 16.9. The van der Waals surface area contributed by atoms with Crippen LogP contribution >= 0.6 is 0 Å². The van der Waals surface area contributed by atoms with E-state index in [1.54, 1.807) is 4.90 Å². The van der Waals surface area contributed by atoms with Crippen LogP contribution in [-0.4, -0.2) is 44.6 Å². The molecule has 0 spiro atoms. The molecule has 1 aromatic rings. The number of rotatable bonds is 5. The van der Waals surface area contributed by atoms with E-state index < -0.39 is 30.9 Å². The van der Waals surface area contributed by atoms with E-state index in [0.717, 1.165) is 12.1 Å². The van der Waals surface area contributed by atoms with Gasteiger partial charge in [-0.2, -0.15) is 13.2 Å². The van der Waals surface area contributed by atoms with Gasteiger partial charge < -0.3 is 9.64 Å². The Labute approximate surface area is 142 Å². The Bertz CT molecular complexity index is 743. The molecule has 2 rings (SSSR count). The highest BCUT2D eigenvalue weighted by atomic mass is 32.2. The lowest BCUT2D eigenvalue weighted by Crippen LogP contribution is -2.37. The van der Waals surface area contributed by atoms with Crippen molar-refractivity contribution < 1.29 is 31.2 Å². The molecule has 0 unspecified atom stereocenters. The summed E-state index contributed by atoms with van der Waals surface area (Å²) in [5, 5.41) is 11.2. The van der Waals surface area contributed by atoms with E-state index in [1.165, 1.54) is 0 Å². The van der Waals surface area contributed by atoms with Gasteiger partial charge in [-0.3, -0.25) is 10.1 Å². The zero-order valence-electron chi connectivity index (χ0n) is 13.3. The van der Waals surface area contributed by atoms with Crippen LogP contribution in [0.25, 0.3) is 0 Å². The third-order valence-corrected chi connectivity index (χ3v) is 5.43. The number of nitrogens with zero attached hydrogens (tertiary/aromatic N) is 2. The summed E-state index contributed by atoms with van der Waals surface area (Å²) in [5.74, 6) is 0. The summed E-state index contributed by atoms with van der Waals surface area (Å²) in [7, 11) is -5.64. The third-order valence-electron chi connectivity index (χ3n) is 3.94. The van der Waals surface area contributed by atoms with E-state index in [2.05, 4.69) is 0 Å². The summed E-state index contributed by atoms with van der Waals surface area (Å²) < 4.78 is 66.3. The first-order valence-corrected chi connectivity index (χ1v) is 9.02. The predicted molar refractivity (Wildman–Crippen MR) is 83.2 cm³/mol. The van der Waals surface area contributed by atoms with Gasteiger partial charge in [-0.25, -0.2) is 8.42 Å². The molecule has 7 nitrogen and oxygen atoms in total. The van der Waals surface area contributed by atoms with Gasteiger partial charge in [-0.15, -0.1) is 0 Å². The van der Waals surface area contributed by atoms with Crippen molar-refractivity contribution >= 4 is 21.2 Å². The van der Waals surface area contributed by atoms with Crippen molar-refractivity contribution in [2.24, 2.45) is 0 Å². The fraction of sp³-hybridized carbons (Fsp3) is 0.571. The number of ether oxygens (including phenoxy) is 1. The monoisotopic (exact) mass is 382 g/mol. The molecule has 0 radical (unpaired) electrons. The number of halogens is 3. The molecule has 0 N–H and O–H groups in total. The molecule has 0 atom stereocenters. The molecule has 0 amide bonds. The maximum absolute atomic E-state index is 12.6. The Morgan fingerprint density at radius 2 is 1.92 bits per heavy atom. The van der Waals surface area contributed by atoms with Crippen molar-refractivity contribution in [3.63, 3.8) is 0 Å². The summed E-state index contributed by atoms with van der Waals surface area (Å²) in [5.41, 5.74) is -6.08. The van der Waals surface area contributed by atoms with E-state index in [9.17, 15) is 31.7 Å². The van der Waals surface area contributed by atoms with Crippen molar-refractivity contribution in [1.82, 2.24) is 0 Å². The highest BCUT2D eigenvalue weighted by molar-refractivity contribution is 7.92.